The molecule has 5 aromatic rings. The summed E-state index contributed by atoms with van der Waals surface area (Å²) in [7, 11) is 0. The van der Waals surface area contributed by atoms with Crippen molar-refractivity contribution in [1.29, 1.82) is 0 Å². The Bertz CT molecular complexity index is 1670. The van der Waals surface area contributed by atoms with Crippen molar-refractivity contribution in [2.75, 3.05) is 0 Å². The van der Waals surface area contributed by atoms with E-state index in [0.29, 0.717) is 21.3 Å². The fraction of sp³-hybridized carbons (Fsp3) is 0.143. The molecule has 0 radical (unpaired) electrons. The standard InChI is InChI=1S/C28H22Cl2N4O2S/c1-28(2,24-20(29)14-19(15-21(24)30)34-27(36)32-23(35)16-31-34)26-33-25(18-11-7-4-8-12-18)22(37-26)13-17-9-5-3-6-10-17/h3-12,14-16H,13H2,1-2H3,(H,32,35,36). The number of nitrogens with zero attached hydrogens (tertiary/aromatic N) is 3. The Labute approximate surface area is 227 Å². The van der Waals surface area contributed by atoms with E-state index in [-0.39, 0.29) is 0 Å². The summed E-state index contributed by atoms with van der Waals surface area (Å²) in [6, 6.07) is 23.7. The van der Waals surface area contributed by atoms with Gasteiger partial charge in [-0.05, 0) is 31.5 Å². The lowest BCUT2D eigenvalue weighted by Gasteiger charge is -2.26. The third kappa shape index (κ3) is 5.03. The fourth-order valence-electron chi connectivity index (χ4n) is 4.26. The van der Waals surface area contributed by atoms with Crippen molar-refractivity contribution in [2.24, 2.45) is 0 Å². The lowest BCUT2D eigenvalue weighted by molar-refractivity contribution is 0.635. The van der Waals surface area contributed by atoms with Crippen molar-refractivity contribution in [3.05, 3.63) is 131 Å². The predicted octanol–water partition coefficient (Wildman–Crippen LogP) is 6.27. The topological polar surface area (TPSA) is 80.6 Å². The van der Waals surface area contributed by atoms with Gasteiger partial charge in [0.25, 0.3) is 5.56 Å². The van der Waals surface area contributed by atoms with Crippen LogP contribution in [0.4, 0.5) is 0 Å². The number of hydrogen-bond donors (Lipinski definition) is 1. The van der Waals surface area contributed by atoms with Gasteiger partial charge in [-0.3, -0.25) is 9.78 Å². The van der Waals surface area contributed by atoms with Gasteiger partial charge in [0.2, 0.25) is 0 Å². The molecule has 2 aromatic heterocycles. The molecular formula is C28H22Cl2N4O2S. The van der Waals surface area contributed by atoms with Gasteiger partial charge in [-0.2, -0.15) is 9.78 Å². The van der Waals surface area contributed by atoms with Gasteiger partial charge in [0, 0.05) is 37.9 Å². The predicted molar refractivity (Wildman–Crippen MR) is 149 cm³/mol. The fourth-order valence-corrected chi connectivity index (χ4v) is 6.44. The maximum Gasteiger partial charge on any atom is 0.349 e. The van der Waals surface area contributed by atoms with E-state index in [4.69, 9.17) is 28.2 Å². The zero-order chi connectivity index (χ0) is 26.2. The molecule has 0 amide bonds. The number of benzene rings is 3. The summed E-state index contributed by atoms with van der Waals surface area (Å²) in [4.78, 5) is 32.1. The van der Waals surface area contributed by atoms with Crippen LogP contribution in [0.15, 0.2) is 88.6 Å². The minimum absolute atomic E-state index is 0.352. The molecule has 0 atom stereocenters. The minimum atomic E-state index is -0.676. The lowest BCUT2D eigenvalue weighted by Crippen LogP contribution is -2.30. The van der Waals surface area contributed by atoms with E-state index in [1.165, 1.54) is 5.56 Å². The van der Waals surface area contributed by atoms with Crippen LogP contribution in [0.1, 0.15) is 34.9 Å². The average Bonchev–Trinajstić information content (AvgIpc) is 3.29. The number of nitrogens with one attached hydrogen (secondary N) is 1. The molecule has 6 nitrogen and oxygen atoms in total. The number of hydrogen-bond acceptors (Lipinski definition) is 5. The van der Waals surface area contributed by atoms with Crippen molar-refractivity contribution in [3.63, 3.8) is 0 Å². The van der Waals surface area contributed by atoms with Crippen LogP contribution in [0.3, 0.4) is 0 Å². The number of aromatic nitrogens is 4. The van der Waals surface area contributed by atoms with Gasteiger partial charge in [0.15, 0.2) is 0 Å². The zero-order valence-electron chi connectivity index (χ0n) is 20.0. The molecule has 9 heteroatoms. The lowest BCUT2D eigenvalue weighted by atomic mass is 9.85. The van der Waals surface area contributed by atoms with E-state index < -0.39 is 16.7 Å². The summed E-state index contributed by atoms with van der Waals surface area (Å²) < 4.78 is 1.05. The van der Waals surface area contributed by atoms with Crippen molar-refractivity contribution < 1.29 is 0 Å². The van der Waals surface area contributed by atoms with Crippen LogP contribution in [-0.4, -0.2) is 19.7 Å². The molecule has 0 aliphatic heterocycles. The molecule has 37 heavy (non-hydrogen) atoms. The van der Waals surface area contributed by atoms with E-state index in [9.17, 15) is 9.59 Å². The van der Waals surface area contributed by atoms with E-state index >= 15 is 0 Å². The summed E-state index contributed by atoms with van der Waals surface area (Å²) >= 11 is 15.2. The summed E-state index contributed by atoms with van der Waals surface area (Å²) in [5.74, 6) is 0. The molecule has 0 aliphatic carbocycles. The highest BCUT2D eigenvalue weighted by molar-refractivity contribution is 7.12. The van der Waals surface area contributed by atoms with Crippen LogP contribution in [-0.2, 0) is 11.8 Å². The van der Waals surface area contributed by atoms with Gasteiger partial charge < -0.3 is 0 Å². The molecule has 1 N–H and O–H groups in total. The van der Waals surface area contributed by atoms with E-state index in [2.05, 4.69) is 34.3 Å². The second-order valence-corrected chi connectivity index (χ2v) is 11.0. The molecule has 0 aliphatic rings. The van der Waals surface area contributed by atoms with E-state index in [1.54, 1.807) is 23.5 Å². The van der Waals surface area contributed by atoms with Crippen LogP contribution in [0.2, 0.25) is 10.0 Å². The third-order valence-electron chi connectivity index (χ3n) is 6.10. The quantitative estimate of drug-likeness (QED) is 0.271. The molecule has 0 saturated heterocycles. The smallest absolute Gasteiger partial charge is 0.271 e. The van der Waals surface area contributed by atoms with Crippen LogP contribution >= 0.6 is 34.5 Å². The first-order chi connectivity index (χ1) is 17.7. The highest BCUT2D eigenvalue weighted by atomic mass is 35.5. The number of H-pyrrole nitrogens is 1. The zero-order valence-corrected chi connectivity index (χ0v) is 22.4. The normalized spacial score (nSPS) is 11.6. The Balaban J connectivity index is 1.61. The molecule has 0 unspecified atom stereocenters. The van der Waals surface area contributed by atoms with Gasteiger partial charge in [-0.25, -0.2) is 9.78 Å². The Morgan fingerprint density at radius 3 is 2.19 bits per heavy atom. The first-order valence-electron chi connectivity index (χ1n) is 11.5. The summed E-state index contributed by atoms with van der Waals surface area (Å²) in [6.07, 6.45) is 1.77. The molecule has 0 bridgehead atoms. The van der Waals surface area contributed by atoms with Crippen molar-refractivity contribution in [1.82, 2.24) is 19.7 Å². The van der Waals surface area contributed by atoms with E-state index in [0.717, 1.165) is 38.4 Å². The van der Waals surface area contributed by atoms with Crippen molar-refractivity contribution in [2.45, 2.75) is 25.7 Å². The maximum atomic E-state index is 12.2. The molecule has 0 saturated carbocycles. The summed E-state index contributed by atoms with van der Waals surface area (Å²) in [5.41, 5.74) is 2.32. The van der Waals surface area contributed by atoms with E-state index in [1.807, 2.05) is 50.2 Å². The van der Waals surface area contributed by atoms with Crippen LogP contribution < -0.4 is 11.2 Å². The first-order valence-corrected chi connectivity index (χ1v) is 13.1. The van der Waals surface area contributed by atoms with Crippen molar-refractivity contribution in [3.8, 4) is 16.9 Å². The van der Waals surface area contributed by atoms with Gasteiger partial charge in [0.1, 0.15) is 11.2 Å². The Morgan fingerprint density at radius 1 is 0.946 bits per heavy atom. The second kappa shape index (κ2) is 10.1. The SMILES string of the molecule is CC(C)(c1nc(-c2ccccc2)c(Cc2ccccc2)s1)c1c(Cl)cc(-n2ncc(=O)[nH]c2=O)cc1Cl. The van der Waals surface area contributed by atoms with Gasteiger partial charge >= 0.3 is 5.69 Å². The Kier molecular flexibility index (Phi) is 6.86. The highest BCUT2D eigenvalue weighted by Gasteiger charge is 2.33. The number of halogens is 2. The molecule has 5 rings (SSSR count). The number of aromatic amines is 1. The molecule has 0 fully saturated rings. The maximum absolute atomic E-state index is 12.2. The largest absolute Gasteiger partial charge is 0.349 e. The van der Waals surface area contributed by atoms with Crippen LogP contribution in [0.5, 0.6) is 0 Å². The average molecular weight is 549 g/mol. The monoisotopic (exact) mass is 548 g/mol. The van der Waals surface area contributed by atoms with Crippen LogP contribution in [0.25, 0.3) is 16.9 Å². The Morgan fingerprint density at radius 2 is 1.57 bits per heavy atom. The van der Waals surface area contributed by atoms with Gasteiger partial charge in [0.05, 0.1) is 11.4 Å². The highest BCUT2D eigenvalue weighted by Crippen LogP contribution is 2.44. The van der Waals surface area contributed by atoms with Gasteiger partial charge in [-0.15, -0.1) is 11.3 Å². The molecule has 3 aromatic carbocycles. The molecule has 186 valence electrons. The summed E-state index contributed by atoms with van der Waals surface area (Å²) in [6.45, 7) is 4.06. The van der Waals surface area contributed by atoms with Crippen LogP contribution in [0, 0.1) is 0 Å². The summed E-state index contributed by atoms with van der Waals surface area (Å²) in [5, 5.41) is 5.51. The third-order valence-corrected chi connectivity index (χ3v) is 8.07. The molecule has 2 heterocycles. The number of thiazole rings is 1. The number of rotatable bonds is 6. The molecular weight excluding hydrogens is 527 g/mol. The minimum Gasteiger partial charge on any atom is -0.271 e. The van der Waals surface area contributed by atoms with Crippen molar-refractivity contribution >= 4 is 34.5 Å². The molecule has 0 spiro atoms. The Hall–Kier alpha value is -3.52. The first kappa shape index (κ1) is 25.1. The second-order valence-electron chi connectivity index (χ2n) is 9.08. The van der Waals surface area contributed by atoms with Gasteiger partial charge in [-0.1, -0.05) is 83.9 Å².